The minimum atomic E-state index is -0.0116. The summed E-state index contributed by atoms with van der Waals surface area (Å²) in [7, 11) is 1.81. The second-order valence-corrected chi connectivity index (χ2v) is 7.93. The van der Waals surface area contributed by atoms with Crippen LogP contribution in [-0.2, 0) is 11.8 Å². The normalized spacial score (nSPS) is 19.1. The molecule has 2 aliphatic heterocycles. The highest BCUT2D eigenvalue weighted by Crippen LogP contribution is 2.41. The van der Waals surface area contributed by atoms with Crippen molar-refractivity contribution < 1.29 is 9.59 Å². The summed E-state index contributed by atoms with van der Waals surface area (Å²) in [5, 5.41) is 4.21. The summed E-state index contributed by atoms with van der Waals surface area (Å²) in [6.07, 6.45) is 8.25. The fourth-order valence-corrected chi connectivity index (χ4v) is 4.24. The Hall–Kier alpha value is -2.89. The lowest BCUT2D eigenvalue weighted by molar-refractivity contribution is -0.127. The molecule has 6 nitrogen and oxygen atoms in total. The molecule has 0 unspecified atom stereocenters. The molecule has 2 amide bonds. The van der Waals surface area contributed by atoms with Gasteiger partial charge in [-0.3, -0.25) is 14.3 Å². The molecule has 1 spiro atoms. The minimum absolute atomic E-state index is 0.0116. The van der Waals surface area contributed by atoms with Crippen LogP contribution >= 0.6 is 0 Å². The summed E-state index contributed by atoms with van der Waals surface area (Å²) in [5.74, 6) is 0.213. The summed E-state index contributed by atoms with van der Waals surface area (Å²) in [6, 6.07) is 11.9. The van der Waals surface area contributed by atoms with Crippen LogP contribution in [0.15, 0.2) is 48.7 Å². The van der Waals surface area contributed by atoms with Gasteiger partial charge in [0.25, 0.3) is 5.91 Å². The summed E-state index contributed by atoms with van der Waals surface area (Å²) < 4.78 is 1.65. The number of likely N-dealkylation sites (tertiary alicyclic amines) is 2. The van der Waals surface area contributed by atoms with Gasteiger partial charge < -0.3 is 9.80 Å². The van der Waals surface area contributed by atoms with E-state index in [1.807, 2.05) is 35.0 Å². The summed E-state index contributed by atoms with van der Waals surface area (Å²) in [4.78, 5) is 28.9. The van der Waals surface area contributed by atoms with Crippen LogP contribution in [0.4, 0.5) is 0 Å². The van der Waals surface area contributed by atoms with E-state index in [2.05, 4.69) is 29.4 Å². The van der Waals surface area contributed by atoms with E-state index in [1.54, 1.807) is 16.9 Å². The Morgan fingerprint density at radius 1 is 1.18 bits per heavy atom. The summed E-state index contributed by atoms with van der Waals surface area (Å²) >= 11 is 0. The lowest BCUT2D eigenvalue weighted by atomic mass is 9.77. The number of carbonyl (C=O) groups is 2. The molecule has 2 aromatic rings. The Balaban J connectivity index is 1.32. The smallest absolute Gasteiger partial charge is 0.274 e. The highest BCUT2D eigenvalue weighted by molar-refractivity contribution is 5.92. The number of hydrogen-bond donors (Lipinski definition) is 0. The van der Waals surface area contributed by atoms with Gasteiger partial charge in [0.1, 0.15) is 5.69 Å². The van der Waals surface area contributed by atoms with Crippen molar-refractivity contribution in [1.29, 1.82) is 0 Å². The van der Waals surface area contributed by atoms with Crippen LogP contribution in [0.3, 0.4) is 0 Å². The van der Waals surface area contributed by atoms with E-state index in [0.29, 0.717) is 31.7 Å². The molecule has 2 saturated heterocycles. The Morgan fingerprint density at radius 3 is 2.61 bits per heavy atom. The zero-order chi connectivity index (χ0) is 19.6. The Bertz CT molecular complexity index is 879. The van der Waals surface area contributed by atoms with Gasteiger partial charge in [-0.05, 0) is 24.5 Å². The van der Waals surface area contributed by atoms with Crippen LogP contribution < -0.4 is 0 Å². The maximum Gasteiger partial charge on any atom is 0.274 e. The molecule has 0 saturated carbocycles. The van der Waals surface area contributed by atoms with Gasteiger partial charge in [-0.2, -0.15) is 5.10 Å². The largest absolute Gasteiger partial charge is 0.338 e. The standard InChI is InChI=1S/C22H26N4O2/c1-24-13-9-19(23-24)21(28)25-14-10-22(11-15-25)16-20(27)26(17-22)12-5-8-18-6-3-2-4-7-18/h2-9,13H,10-12,14-17H2,1H3/b8-5+. The van der Waals surface area contributed by atoms with E-state index in [9.17, 15) is 9.59 Å². The lowest BCUT2D eigenvalue weighted by Crippen LogP contribution is -2.44. The van der Waals surface area contributed by atoms with Crippen LogP contribution in [0.1, 0.15) is 35.3 Å². The van der Waals surface area contributed by atoms with E-state index >= 15 is 0 Å². The fourth-order valence-electron chi connectivity index (χ4n) is 4.24. The van der Waals surface area contributed by atoms with E-state index in [1.165, 1.54) is 0 Å². The summed E-state index contributed by atoms with van der Waals surface area (Å²) in [5.41, 5.74) is 1.65. The third kappa shape index (κ3) is 3.86. The molecule has 0 bridgehead atoms. The Labute approximate surface area is 165 Å². The van der Waals surface area contributed by atoms with Crippen LogP contribution in [0.5, 0.6) is 0 Å². The quantitative estimate of drug-likeness (QED) is 0.822. The zero-order valence-electron chi connectivity index (χ0n) is 16.3. The van der Waals surface area contributed by atoms with E-state index in [-0.39, 0.29) is 17.2 Å². The number of nitrogens with zero attached hydrogens (tertiary/aromatic N) is 4. The predicted molar refractivity (Wildman–Crippen MR) is 107 cm³/mol. The van der Waals surface area contributed by atoms with E-state index in [0.717, 1.165) is 24.9 Å². The molecule has 0 N–H and O–H groups in total. The molecule has 2 fully saturated rings. The second kappa shape index (κ2) is 7.62. The van der Waals surface area contributed by atoms with Gasteiger partial charge in [-0.1, -0.05) is 42.5 Å². The minimum Gasteiger partial charge on any atom is -0.338 e. The first kappa shape index (κ1) is 18.5. The van der Waals surface area contributed by atoms with Gasteiger partial charge in [-0.25, -0.2) is 0 Å². The molecule has 28 heavy (non-hydrogen) atoms. The average molecular weight is 378 g/mol. The number of amides is 2. The van der Waals surface area contributed by atoms with Crippen LogP contribution in [0, 0.1) is 5.41 Å². The number of hydrogen-bond acceptors (Lipinski definition) is 3. The van der Waals surface area contributed by atoms with E-state index in [4.69, 9.17) is 0 Å². The molecule has 0 atom stereocenters. The van der Waals surface area contributed by atoms with Crippen molar-refractivity contribution >= 4 is 17.9 Å². The van der Waals surface area contributed by atoms with Gasteiger partial charge in [0.15, 0.2) is 0 Å². The molecule has 1 aromatic carbocycles. The van der Waals surface area contributed by atoms with Gasteiger partial charge >= 0.3 is 0 Å². The van der Waals surface area contributed by atoms with Gasteiger partial charge in [-0.15, -0.1) is 0 Å². The first-order valence-corrected chi connectivity index (χ1v) is 9.83. The highest BCUT2D eigenvalue weighted by atomic mass is 16.2. The SMILES string of the molecule is Cn1ccc(C(=O)N2CCC3(CC2)CC(=O)N(C/C=C/c2ccccc2)C3)n1. The van der Waals surface area contributed by atoms with Crippen molar-refractivity contribution in [2.24, 2.45) is 12.5 Å². The molecule has 4 rings (SSSR count). The third-order valence-corrected chi connectivity index (χ3v) is 5.88. The molecule has 0 aliphatic carbocycles. The Kier molecular flexibility index (Phi) is 5.03. The number of rotatable bonds is 4. The second-order valence-electron chi connectivity index (χ2n) is 7.93. The molecule has 2 aliphatic rings. The average Bonchev–Trinajstić information content (AvgIpc) is 3.26. The van der Waals surface area contributed by atoms with Crippen molar-refractivity contribution in [3.05, 3.63) is 59.9 Å². The third-order valence-electron chi connectivity index (χ3n) is 5.88. The molecule has 3 heterocycles. The maximum atomic E-state index is 12.6. The van der Waals surface area contributed by atoms with Gasteiger partial charge in [0.05, 0.1) is 0 Å². The number of aromatic nitrogens is 2. The number of aryl methyl sites for hydroxylation is 1. The highest BCUT2D eigenvalue weighted by Gasteiger charge is 2.45. The van der Waals surface area contributed by atoms with Crippen molar-refractivity contribution in [3.63, 3.8) is 0 Å². The fraction of sp³-hybridized carbons (Fsp3) is 0.409. The first-order chi connectivity index (χ1) is 13.5. The molecule has 1 aromatic heterocycles. The summed E-state index contributed by atoms with van der Waals surface area (Å²) in [6.45, 7) is 2.81. The topological polar surface area (TPSA) is 58.4 Å². The number of benzene rings is 1. The molecule has 6 heteroatoms. The number of carbonyl (C=O) groups excluding carboxylic acids is 2. The molecular weight excluding hydrogens is 352 g/mol. The molecule has 0 radical (unpaired) electrons. The van der Waals surface area contributed by atoms with E-state index < -0.39 is 0 Å². The lowest BCUT2D eigenvalue weighted by Gasteiger charge is -2.38. The van der Waals surface area contributed by atoms with Crippen molar-refractivity contribution in [2.75, 3.05) is 26.2 Å². The maximum absolute atomic E-state index is 12.6. The molecule has 146 valence electrons. The molecular formula is C22H26N4O2. The van der Waals surface area contributed by atoms with Gasteiger partial charge in [0, 0.05) is 51.3 Å². The first-order valence-electron chi connectivity index (χ1n) is 9.83. The number of piperidine rings is 1. The van der Waals surface area contributed by atoms with Crippen molar-refractivity contribution in [3.8, 4) is 0 Å². The van der Waals surface area contributed by atoms with Crippen molar-refractivity contribution in [2.45, 2.75) is 19.3 Å². The van der Waals surface area contributed by atoms with Crippen LogP contribution in [0.25, 0.3) is 6.08 Å². The van der Waals surface area contributed by atoms with Crippen molar-refractivity contribution in [1.82, 2.24) is 19.6 Å². The predicted octanol–water partition coefficient (Wildman–Crippen LogP) is 2.59. The monoisotopic (exact) mass is 378 g/mol. The van der Waals surface area contributed by atoms with Crippen LogP contribution in [0.2, 0.25) is 0 Å². The van der Waals surface area contributed by atoms with Gasteiger partial charge in [0.2, 0.25) is 5.91 Å². The zero-order valence-corrected chi connectivity index (χ0v) is 16.3. The Morgan fingerprint density at radius 2 is 1.93 bits per heavy atom. The van der Waals surface area contributed by atoms with Crippen LogP contribution in [-0.4, -0.2) is 57.6 Å².